The van der Waals surface area contributed by atoms with Crippen LogP contribution in [-0.2, 0) is 6.54 Å². The third kappa shape index (κ3) is 3.79. The summed E-state index contributed by atoms with van der Waals surface area (Å²) >= 11 is 1.58. The molecule has 0 aliphatic carbocycles. The molecule has 3 heterocycles. The summed E-state index contributed by atoms with van der Waals surface area (Å²) in [4.78, 5) is 24.5. The molecule has 1 aliphatic rings. The average Bonchev–Trinajstić information content (AvgIpc) is 3.24. The molecule has 1 N–H and O–H groups in total. The van der Waals surface area contributed by atoms with Gasteiger partial charge < -0.3 is 15.1 Å². The zero-order valence-corrected chi connectivity index (χ0v) is 14.2. The molecular formula is C14H21N7OS. The fourth-order valence-corrected chi connectivity index (χ4v) is 3.36. The van der Waals surface area contributed by atoms with Gasteiger partial charge in [-0.25, -0.2) is 19.4 Å². The predicted octanol–water partition coefficient (Wildman–Crippen LogP) is 1.35. The number of anilines is 1. The lowest BCUT2D eigenvalue weighted by atomic mass is 10.1. The Hall–Kier alpha value is -2.16. The minimum atomic E-state index is -0.0264. The van der Waals surface area contributed by atoms with E-state index in [0.717, 1.165) is 36.8 Å². The monoisotopic (exact) mass is 335 g/mol. The topological polar surface area (TPSA) is 79.2 Å². The van der Waals surface area contributed by atoms with E-state index in [9.17, 15) is 4.79 Å². The molecule has 0 bridgehead atoms. The number of nitrogens with zero attached hydrogens (tertiary/aromatic N) is 6. The second-order valence-corrected chi connectivity index (χ2v) is 6.60. The molecule has 1 aliphatic heterocycles. The quantitative estimate of drug-likeness (QED) is 0.912. The van der Waals surface area contributed by atoms with E-state index in [0.29, 0.717) is 12.6 Å². The second-order valence-electron chi connectivity index (χ2n) is 5.77. The number of carbonyl (C=O) groups excluding carboxylic acids is 1. The van der Waals surface area contributed by atoms with Crippen LogP contribution < -0.4 is 10.2 Å². The first-order valence-electron chi connectivity index (χ1n) is 7.62. The van der Waals surface area contributed by atoms with Crippen molar-refractivity contribution in [2.45, 2.75) is 25.4 Å². The number of piperidine rings is 1. The largest absolute Gasteiger partial charge is 0.354 e. The number of amides is 2. The maximum Gasteiger partial charge on any atom is 0.317 e. The van der Waals surface area contributed by atoms with E-state index in [2.05, 4.69) is 20.4 Å². The molecule has 2 amide bonds. The van der Waals surface area contributed by atoms with Gasteiger partial charge in [0.25, 0.3) is 0 Å². The van der Waals surface area contributed by atoms with Crippen molar-refractivity contribution in [3.63, 3.8) is 0 Å². The molecule has 8 nitrogen and oxygen atoms in total. The maximum atomic E-state index is 12.3. The number of nitrogens with one attached hydrogen (secondary N) is 1. The number of thiazole rings is 1. The lowest BCUT2D eigenvalue weighted by Gasteiger charge is -2.31. The number of hydrogen-bond donors (Lipinski definition) is 1. The highest BCUT2D eigenvalue weighted by Crippen LogP contribution is 2.21. The highest BCUT2D eigenvalue weighted by Gasteiger charge is 2.24. The number of carbonyl (C=O) groups is 1. The predicted molar refractivity (Wildman–Crippen MR) is 88.5 cm³/mol. The molecule has 3 rings (SSSR count). The van der Waals surface area contributed by atoms with Gasteiger partial charge in [-0.3, -0.25) is 0 Å². The molecule has 0 atom stereocenters. The number of rotatable bonds is 4. The minimum absolute atomic E-state index is 0.0264. The molecular weight excluding hydrogens is 314 g/mol. The van der Waals surface area contributed by atoms with E-state index in [1.54, 1.807) is 24.0 Å². The SMILES string of the molecule is CN(C)c1nc(CNC(=O)N2CCC(n3cncn3)CC2)cs1. The molecule has 0 spiro atoms. The molecule has 0 aromatic carbocycles. The summed E-state index contributed by atoms with van der Waals surface area (Å²) in [5.74, 6) is 0. The summed E-state index contributed by atoms with van der Waals surface area (Å²) in [6.45, 7) is 1.93. The molecule has 0 unspecified atom stereocenters. The van der Waals surface area contributed by atoms with E-state index >= 15 is 0 Å². The molecule has 0 saturated carbocycles. The van der Waals surface area contributed by atoms with Crippen molar-refractivity contribution >= 4 is 22.5 Å². The van der Waals surface area contributed by atoms with E-state index in [4.69, 9.17) is 0 Å². The van der Waals surface area contributed by atoms with Crippen molar-refractivity contribution in [2.75, 3.05) is 32.1 Å². The Morgan fingerprint density at radius 2 is 2.22 bits per heavy atom. The first-order chi connectivity index (χ1) is 11.1. The van der Waals surface area contributed by atoms with Gasteiger partial charge in [-0.15, -0.1) is 11.3 Å². The number of aromatic nitrogens is 4. The van der Waals surface area contributed by atoms with Gasteiger partial charge in [0, 0.05) is 32.6 Å². The fraction of sp³-hybridized carbons (Fsp3) is 0.571. The zero-order valence-electron chi connectivity index (χ0n) is 13.3. The molecule has 0 radical (unpaired) electrons. The lowest BCUT2D eigenvalue weighted by molar-refractivity contribution is 0.168. The molecule has 1 fully saturated rings. The third-order valence-corrected chi connectivity index (χ3v) is 4.96. The van der Waals surface area contributed by atoms with Gasteiger partial charge in [0.15, 0.2) is 5.13 Å². The molecule has 23 heavy (non-hydrogen) atoms. The fourth-order valence-electron chi connectivity index (χ4n) is 2.60. The van der Waals surface area contributed by atoms with E-state index in [1.165, 1.54) is 0 Å². The molecule has 2 aromatic heterocycles. The van der Waals surface area contributed by atoms with Crippen molar-refractivity contribution in [1.82, 2.24) is 30.0 Å². The minimum Gasteiger partial charge on any atom is -0.354 e. The third-order valence-electron chi connectivity index (χ3n) is 3.91. The van der Waals surface area contributed by atoms with Gasteiger partial charge in [-0.1, -0.05) is 0 Å². The van der Waals surface area contributed by atoms with Gasteiger partial charge in [0.2, 0.25) is 0 Å². The highest BCUT2D eigenvalue weighted by molar-refractivity contribution is 7.13. The Morgan fingerprint density at radius 1 is 1.43 bits per heavy atom. The van der Waals surface area contributed by atoms with Crippen LogP contribution in [0.5, 0.6) is 0 Å². The van der Waals surface area contributed by atoms with Gasteiger partial charge in [-0.05, 0) is 12.8 Å². The molecule has 9 heteroatoms. The second kappa shape index (κ2) is 6.95. The Bertz CT molecular complexity index is 631. The molecule has 1 saturated heterocycles. The van der Waals surface area contributed by atoms with Crippen LogP contribution in [0.15, 0.2) is 18.0 Å². The van der Waals surface area contributed by atoms with E-state index in [1.807, 2.05) is 34.0 Å². The summed E-state index contributed by atoms with van der Waals surface area (Å²) in [7, 11) is 3.92. The van der Waals surface area contributed by atoms with E-state index in [-0.39, 0.29) is 6.03 Å². The van der Waals surface area contributed by atoms with Crippen molar-refractivity contribution < 1.29 is 4.79 Å². The van der Waals surface area contributed by atoms with Crippen LogP contribution in [0, 0.1) is 0 Å². The van der Waals surface area contributed by atoms with Crippen molar-refractivity contribution in [3.8, 4) is 0 Å². The average molecular weight is 335 g/mol. The Kier molecular flexibility index (Phi) is 4.75. The molecule has 124 valence electrons. The van der Waals surface area contributed by atoms with Crippen LogP contribution in [0.2, 0.25) is 0 Å². The summed E-state index contributed by atoms with van der Waals surface area (Å²) in [5.41, 5.74) is 0.893. The number of likely N-dealkylation sites (tertiary alicyclic amines) is 1. The van der Waals surface area contributed by atoms with Gasteiger partial charge in [0.1, 0.15) is 12.7 Å². The Balaban J connectivity index is 1.46. The van der Waals surface area contributed by atoms with Crippen LogP contribution in [-0.4, -0.2) is 57.9 Å². The Morgan fingerprint density at radius 3 is 2.83 bits per heavy atom. The zero-order chi connectivity index (χ0) is 16.2. The summed E-state index contributed by atoms with van der Waals surface area (Å²) in [6.07, 6.45) is 5.09. The number of urea groups is 1. The number of hydrogen-bond acceptors (Lipinski definition) is 6. The van der Waals surface area contributed by atoms with Crippen LogP contribution in [0.25, 0.3) is 0 Å². The maximum absolute atomic E-state index is 12.3. The van der Waals surface area contributed by atoms with Crippen LogP contribution in [0.4, 0.5) is 9.93 Å². The van der Waals surface area contributed by atoms with Gasteiger partial charge in [0.05, 0.1) is 18.3 Å². The summed E-state index contributed by atoms with van der Waals surface area (Å²) in [5, 5.41) is 10.1. The van der Waals surface area contributed by atoms with Gasteiger partial charge >= 0.3 is 6.03 Å². The van der Waals surface area contributed by atoms with Crippen LogP contribution >= 0.6 is 11.3 Å². The first kappa shape index (κ1) is 15.7. The smallest absolute Gasteiger partial charge is 0.317 e. The van der Waals surface area contributed by atoms with Crippen molar-refractivity contribution in [1.29, 1.82) is 0 Å². The highest BCUT2D eigenvalue weighted by atomic mass is 32.1. The summed E-state index contributed by atoms with van der Waals surface area (Å²) < 4.78 is 1.88. The standard InChI is InChI=1S/C14H21N7OS/c1-19(2)14-18-11(8-23-14)7-16-13(22)20-5-3-12(4-6-20)21-10-15-9-17-21/h8-10,12H,3-7H2,1-2H3,(H,16,22). The molecule has 2 aromatic rings. The van der Waals surface area contributed by atoms with E-state index < -0.39 is 0 Å². The van der Waals surface area contributed by atoms with Crippen molar-refractivity contribution in [2.24, 2.45) is 0 Å². The van der Waals surface area contributed by atoms with Crippen LogP contribution in [0.3, 0.4) is 0 Å². The lowest BCUT2D eigenvalue weighted by Crippen LogP contribution is -2.44. The van der Waals surface area contributed by atoms with Crippen LogP contribution in [0.1, 0.15) is 24.6 Å². The van der Waals surface area contributed by atoms with Crippen molar-refractivity contribution in [3.05, 3.63) is 23.7 Å². The first-order valence-corrected chi connectivity index (χ1v) is 8.50. The summed E-state index contributed by atoms with van der Waals surface area (Å²) in [6, 6.07) is 0.309. The van der Waals surface area contributed by atoms with Gasteiger partial charge in [-0.2, -0.15) is 5.10 Å². The normalized spacial score (nSPS) is 15.7. The Labute approximate surface area is 139 Å².